The minimum Gasteiger partial charge on any atom is -0.490 e. The number of rotatable bonds is 10. The molecule has 118 valence electrons. The third-order valence-corrected chi connectivity index (χ3v) is 2.80. The summed E-state index contributed by atoms with van der Waals surface area (Å²) in [5.41, 5.74) is 5.98. The number of carbonyl (C=O) groups excluding carboxylic acids is 1. The number of benzene rings is 1. The third kappa shape index (κ3) is 6.04. The number of hydrogen-bond donors (Lipinski definition) is 2. The lowest BCUT2D eigenvalue weighted by atomic mass is 10.2. The van der Waals surface area contributed by atoms with Crippen LogP contribution in [0.1, 0.15) is 43.5 Å². The highest BCUT2D eigenvalue weighted by Gasteiger charge is 2.11. The predicted molar refractivity (Wildman–Crippen MR) is 84.0 cm³/mol. The average molecular weight is 294 g/mol. The van der Waals surface area contributed by atoms with E-state index in [0.29, 0.717) is 43.4 Å². The van der Waals surface area contributed by atoms with Crippen molar-refractivity contribution < 1.29 is 14.3 Å². The monoisotopic (exact) mass is 294 g/mol. The first-order valence-electron chi connectivity index (χ1n) is 7.60. The van der Waals surface area contributed by atoms with Gasteiger partial charge in [0.1, 0.15) is 0 Å². The molecule has 1 aromatic rings. The normalized spacial score (nSPS) is 10.2. The van der Waals surface area contributed by atoms with Crippen molar-refractivity contribution in [3.05, 3.63) is 23.8 Å². The molecule has 3 N–H and O–H groups in total. The lowest BCUT2D eigenvalue weighted by molar-refractivity contribution is 0.0953. The first kappa shape index (κ1) is 17.3. The topological polar surface area (TPSA) is 73.6 Å². The molecule has 0 saturated carbocycles. The molecule has 0 atom stereocenters. The van der Waals surface area contributed by atoms with E-state index in [1.165, 1.54) is 0 Å². The van der Waals surface area contributed by atoms with E-state index in [1.54, 1.807) is 18.2 Å². The molecule has 0 unspecified atom stereocenters. The fourth-order valence-electron chi connectivity index (χ4n) is 1.71. The predicted octanol–water partition coefficient (Wildman–Crippen LogP) is 2.34. The quantitative estimate of drug-likeness (QED) is 0.650. The van der Waals surface area contributed by atoms with Crippen LogP contribution in [-0.4, -0.2) is 32.2 Å². The van der Waals surface area contributed by atoms with Gasteiger partial charge >= 0.3 is 0 Å². The van der Waals surface area contributed by atoms with Crippen LogP contribution in [0.2, 0.25) is 0 Å². The van der Waals surface area contributed by atoms with E-state index in [2.05, 4.69) is 5.32 Å². The van der Waals surface area contributed by atoms with Gasteiger partial charge in [-0.15, -0.1) is 0 Å². The SMILES string of the molecule is CCCOc1ccc(C(=O)NCCCN)cc1OCCC. The molecule has 1 aromatic carbocycles. The van der Waals surface area contributed by atoms with Crippen molar-refractivity contribution in [2.45, 2.75) is 33.1 Å². The molecule has 0 aliphatic heterocycles. The summed E-state index contributed by atoms with van der Waals surface area (Å²) in [6, 6.07) is 5.28. The van der Waals surface area contributed by atoms with Gasteiger partial charge in [-0.1, -0.05) is 13.8 Å². The summed E-state index contributed by atoms with van der Waals surface area (Å²) in [5, 5.41) is 2.83. The van der Waals surface area contributed by atoms with Crippen molar-refractivity contribution in [3.8, 4) is 11.5 Å². The average Bonchev–Trinajstić information content (AvgIpc) is 2.51. The molecule has 0 saturated heterocycles. The fourth-order valence-corrected chi connectivity index (χ4v) is 1.71. The fraction of sp³-hybridized carbons (Fsp3) is 0.562. The third-order valence-electron chi connectivity index (χ3n) is 2.80. The van der Waals surface area contributed by atoms with Crippen LogP contribution >= 0.6 is 0 Å². The van der Waals surface area contributed by atoms with E-state index in [1.807, 2.05) is 13.8 Å². The van der Waals surface area contributed by atoms with Gasteiger partial charge in [-0.05, 0) is 44.0 Å². The Labute approximate surface area is 126 Å². The zero-order valence-corrected chi connectivity index (χ0v) is 13.0. The zero-order chi connectivity index (χ0) is 15.5. The number of hydrogen-bond acceptors (Lipinski definition) is 4. The van der Waals surface area contributed by atoms with Gasteiger partial charge in [0.2, 0.25) is 0 Å². The molecule has 5 heteroatoms. The van der Waals surface area contributed by atoms with Crippen molar-refractivity contribution in [1.82, 2.24) is 5.32 Å². The van der Waals surface area contributed by atoms with Crippen LogP contribution < -0.4 is 20.5 Å². The van der Waals surface area contributed by atoms with Gasteiger partial charge in [0.05, 0.1) is 13.2 Å². The Bertz CT molecular complexity index is 436. The molecule has 0 aromatic heterocycles. The smallest absolute Gasteiger partial charge is 0.251 e. The van der Waals surface area contributed by atoms with Crippen LogP contribution in [-0.2, 0) is 0 Å². The second kappa shape index (κ2) is 10.0. The maximum atomic E-state index is 12.0. The Hall–Kier alpha value is -1.75. The number of nitrogens with one attached hydrogen (secondary N) is 1. The Morgan fingerprint density at radius 1 is 1.14 bits per heavy atom. The summed E-state index contributed by atoms with van der Waals surface area (Å²) in [6.45, 7) is 6.45. The van der Waals surface area contributed by atoms with Gasteiger partial charge in [-0.2, -0.15) is 0 Å². The van der Waals surface area contributed by atoms with Crippen molar-refractivity contribution >= 4 is 5.91 Å². The summed E-state index contributed by atoms with van der Waals surface area (Å²) < 4.78 is 11.3. The van der Waals surface area contributed by atoms with Gasteiger partial charge in [0, 0.05) is 12.1 Å². The van der Waals surface area contributed by atoms with Crippen molar-refractivity contribution in [2.75, 3.05) is 26.3 Å². The van der Waals surface area contributed by atoms with Gasteiger partial charge in [-0.25, -0.2) is 0 Å². The molecule has 0 aliphatic carbocycles. The Morgan fingerprint density at radius 3 is 2.43 bits per heavy atom. The van der Waals surface area contributed by atoms with Gasteiger partial charge in [0.25, 0.3) is 5.91 Å². The highest BCUT2D eigenvalue weighted by atomic mass is 16.5. The van der Waals surface area contributed by atoms with Crippen LogP contribution in [0.5, 0.6) is 11.5 Å². The van der Waals surface area contributed by atoms with Gasteiger partial charge in [0.15, 0.2) is 11.5 Å². The molecular formula is C16H26N2O3. The number of amides is 1. The number of ether oxygens (including phenoxy) is 2. The van der Waals surface area contributed by atoms with Crippen molar-refractivity contribution in [1.29, 1.82) is 0 Å². The van der Waals surface area contributed by atoms with Crippen molar-refractivity contribution in [3.63, 3.8) is 0 Å². The minimum atomic E-state index is -0.119. The largest absolute Gasteiger partial charge is 0.490 e. The lowest BCUT2D eigenvalue weighted by Crippen LogP contribution is -2.26. The molecule has 0 aliphatic rings. The summed E-state index contributed by atoms with van der Waals surface area (Å²) in [7, 11) is 0. The minimum absolute atomic E-state index is 0.119. The maximum absolute atomic E-state index is 12.0. The summed E-state index contributed by atoms with van der Waals surface area (Å²) in [5.74, 6) is 1.19. The van der Waals surface area contributed by atoms with E-state index >= 15 is 0 Å². The molecule has 0 heterocycles. The molecule has 0 radical (unpaired) electrons. The molecule has 1 rings (SSSR count). The molecule has 0 fully saturated rings. The zero-order valence-electron chi connectivity index (χ0n) is 13.0. The van der Waals surface area contributed by atoms with Crippen LogP contribution in [0.25, 0.3) is 0 Å². The maximum Gasteiger partial charge on any atom is 0.251 e. The Balaban J connectivity index is 2.78. The van der Waals surface area contributed by atoms with E-state index in [4.69, 9.17) is 15.2 Å². The van der Waals surface area contributed by atoms with Crippen LogP contribution in [0, 0.1) is 0 Å². The van der Waals surface area contributed by atoms with Crippen LogP contribution in [0.3, 0.4) is 0 Å². The highest BCUT2D eigenvalue weighted by Crippen LogP contribution is 2.28. The van der Waals surface area contributed by atoms with Crippen molar-refractivity contribution in [2.24, 2.45) is 5.73 Å². The van der Waals surface area contributed by atoms with Crippen LogP contribution in [0.4, 0.5) is 0 Å². The van der Waals surface area contributed by atoms with Gasteiger partial charge in [-0.3, -0.25) is 4.79 Å². The summed E-state index contributed by atoms with van der Waals surface area (Å²) in [6.07, 6.45) is 2.59. The molecule has 0 bridgehead atoms. The Kier molecular flexibility index (Phi) is 8.28. The lowest BCUT2D eigenvalue weighted by Gasteiger charge is -2.13. The summed E-state index contributed by atoms with van der Waals surface area (Å²) >= 11 is 0. The second-order valence-electron chi connectivity index (χ2n) is 4.76. The van der Waals surface area contributed by atoms with Crippen LogP contribution in [0.15, 0.2) is 18.2 Å². The molecular weight excluding hydrogens is 268 g/mol. The molecule has 1 amide bonds. The highest BCUT2D eigenvalue weighted by molar-refractivity contribution is 5.94. The van der Waals surface area contributed by atoms with E-state index in [9.17, 15) is 4.79 Å². The van der Waals surface area contributed by atoms with E-state index in [0.717, 1.165) is 19.3 Å². The summed E-state index contributed by atoms with van der Waals surface area (Å²) in [4.78, 5) is 12.0. The first-order valence-corrected chi connectivity index (χ1v) is 7.60. The van der Waals surface area contributed by atoms with E-state index < -0.39 is 0 Å². The number of carbonyl (C=O) groups is 1. The first-order chi connectivity index (χ1) is 10.2. The van der Waals surface area contributed by atoms with Gasteiger partial charge < -0.3 is 20.5 Å². The number of nitrogens with two attached hydrogens (primary N) is 1. The van der Waals surface area contributed by atoms with E-state index in [-0.39, 0.29) is 5.91 Å². The Morgan fingerprint density at radius 2 is 1.81 bits per heavy atom. The molecule has 5 nitrogen and oxygen atoms in total. The second-order valence-corrected chi connectivity index (χ2v) is 4.76. The standard InChI is InChI=1S/C16H26N2O3/c1-3-10-20-14-7-6-13(12-15(14)21-11-4-2)16(19)18-9-5-8-17/h6-7,12H,3-5,8-11,17H2,1-2H3,(H,18,19). The molecule has 21 heavy (non-hydrogen) atoms. The molecule has 0 spiro atoms.